The van der Waals surface area contributed by atoms with Crippen LogP contribution >= 0.6 is 0 Å². The standard InChI is InChI=1S/C30H35N5O6/c36-25(14-7-8-16-28(40)41)31-18-17-26(37)34-20-21-10-3-4-11-22(21)29-30(23-12-5-6-13-24(23)34)35(33-32-29)19-9-1-2-15-27(38)39/h3-6,10-13H,1-2,7-9,14-20H2,(H,31,36)(H,38,39)(H,40,41). The lowest BCUT2D eigenvalue weighted by atomic mass is 9.95. The zero-order valence-corrected chi connectivity index (χ0v) is 22.9. The third-order valence-corrected chi connectivity index (χ3v) is 7.05. The molecule has 0 radical (unpaired) electrons. The number of rotatable bonds is 14. The number of aliphatic carboxylic acids is 2. The zero-order valence-electron chi connectivity index (χ0n) is 22.9. The molecular weight excluding hydrogens is 526 g/mol. The number of aromatic nitrogens is 3. The lowest BCUT2D eigenvalue weighted by Gasteiger charge is -2.29. The van der Waals surface area contributed by atoms with Gasteiger partial charge in [-0.3, -0.25) is 19.2 Å². The smallest absolute Gasteiger partial charge is 0.303 e. The quantitative estimate of drug-likeness (QED) is 0.247. The molecule has 11 nitrogen and oxygen atoms in total. The van der Waals surface area contributed by atoms with Crippen molar-refractivity contribution < 1.29 is 29.4 Å². The third-order valence-electron chi connectivity index (χ3n) is 7.05. The molecule has 0 atom stereocenters. The van der Waals surface area contributed by atoms with Crippen molar-refractivity contribution in [2.24, 2.45) is 0 Å². The van der Waals surface area contributed by atoms with Gasteiger partial charge in [0.2, 0.25) is 11.8 Å². The molecule has 0 aliphatic carbocycles. The fourth-order valence-corrected chi connectivity index (χ4v) is 5.00. The Labute approximate surface area is 238 Å². The van der Waals surface area contributed by atoms with E-state index in [1.807, 2.05) is 53.2 Å². The summed E-state index contributed by atoms with van der Waals surface area (Å²) in [5.74, 6) is -2.03. The zero-order chi connectivity index (χ0) is 29.2. The first-order valence-corrected chi connectivity index (χ1v) is 14.0. The fourth-order valence-electron chi connectivity index (χ4n) is 5.00. The second-order valence-electron chi connectivity index (χ2n) is 10.1. The number of nitrogens with zero attached hydrogens (tertiary/aromatic N) is 4. The van der Waals surface area contributed by atoms with Gasteiger partial charge in [-0.15, -0.1) is 5.10 Å². The molecule has 3 N–H and O–H groups in total. The predicted octanol–water partition coefficient (Wildman–Crippen LogP) is 4.26. The van der Waals surface area contributed by atoms with E-state index in [1.165, 1.54) is 0 Å². The number of para-hydroxylation sites is 1. The Balaban J connectivity index is 1.54. The molecule has 0 saturated heterocycles. The van der Waals surface area contributed by atoms with Crippen LogP contribution in [0.4, 0.5) is 5.69 Å². The minimum atomic E-state index is -0.882. The van der Waals surface area contributed by atoms with Crippen molar-refractivity contribution >= 4 is 29.4 Å². The van der Waals surface area contributed by atoms with Gasteiger partial charge < -0.3 is 20.4 Å². The summed E-state index contributed by atoms with van der Waals surface area (Å²) in [6.45, 7) is 1.07. The van der Waals surface area contributed by atoms with E-state index in [-0.39, 0.29) is 44.0 Å². The number of hydrogen-bond donors (Lipinski definition) is 3. The van der Waals surface area contributed by atoms with Crippen LogP contribution in [0, 0.1) is 0 Å². The molecular formula is C30H35N5O6. The molecule has 1 aliphatic heterocycles. The number of carbonyl (C=O) groups excluding carboxylic acids is 2. The van der Waals surface area contributed by atoms with Crippen molar-refractivity contribution in [2.75, 3.05) is 11.4 Å². The highest BCUT2D eigenvalue weighted by atomic mass is 16.4. The highest BCUT2D eigenvalue weighted by Gasteiger charge is 2.28. The number of anilines is 1. The van der Waals surface area contributed by atoms with Crippen LogP contribution in [0.15, 0.2) is 48.5 Å². The van der Waals surface area contributed by atoms with Gasteiger partial charge in [0.25, 0.3) is 0 Å². The molecule has 41 heavy (non-hydrogen) atoms. The summed E-state index contributed by atoms with van der Waals surface area (Å²) in [4.78, 5) is 49.0. The van der Waals surface area contributed by atoms with E-state index in [4.69, 9.17) is 10.2 Å². The monoisotopic (exact) mass is 561 g/mol. The molecule has 0 fully saturated rings. The Morgan fingerprint density at radius 2 is 1.44 bits per heavy atom. The van der Waals surface area contributed by atoms with Gasteiger partial charge in [0, 0.05) is 49.9 Å². The SMILES string of the molecule is O=C(O)CCCCCn1nnc2c1-c1ccccc1N(C(=O)CCNC(=O)CCCCC(=O)O)Cc1ccccc1-2. The van der Waals surface area contributed by atoms with E-state index < -0.39 is 11.9 Å². The van der Waals surface area contributed by atoms with Crippen molar-refractivity contribution in [3.63, 3.8) is 0 Å². The number of amides is 2. The van der Waals surface area contributed by atoms with Crippen molar-refractivity contribution in [3.05, 3.63) is 54.1 Å². The van der Waals surface area contributed by atoms with Crippen LogP contribution in [0.25, 0.3) is 22.5 Å². The van der Waals surface area contributed by atoms with Crippen LogP contribution in [0.1, 0.15) is 63.4 Å². The van der Waals surface area contributed by atoms with Gasteiger partial charge in [0.15, 0.2) is 0 Å². The molecule has 1 aliphatic rings. The summed E-state index contributed by atoms with van der Waals surface area (Å²) < 4.78 is 1.84. The van der Waals surface area contributed by atoms with Crippen LogP contribution in [-0.2, 0) is 32.3 Å². The molecule has 11 heteroatoms. The Morgan fingerprint density at radius 3 is 2.20 bits per heavy atom. The number of fused-ring (bicyclic) bond motifs is 5. The van der Waals surface area contributed by atoms with Gasteiger partial charge in [-0.2, -0.15) is 0 Å². The van der Waals surface area contributed by atoms with Crippen LogP contribution in [-0.4, -0.2) is 55.5 Å². The van der Waals surface area contributed by atoms with E-state index >= 15 is 0 Å². The Morgan fingerprint density at radius 1 is 0.780 bits per heavy atom. The molecule has 0 unspecified atom stereocenters. The molecule has 2 amide bonds. The topological polar surface area (TPSA) is 155 Å². The normalized spacial score (nSPS) is 12.0. The summed E-state index contributed by atoms with van der Waals surface area (Å²) in [7, 11) is 0. The molecule has 3 aromatic rings. The van der Waals surface area contributed by atoms with Crippen molar-refractivity contribution in [2.45, 2.75) is 70.9 Å². The number of carboxylic acids is 2. The largest absolute Gasteiger partial charge is 0.481 e. The minimum Gasteiger partial charge on any atom is -0.481 e. The van der Waals surface area contributed by atoms with E-state index in [2.05, 4.69) is 15.6 Å². The number of aryl methyl sites for hydroxylation is 1. The van der Waals surface area contributed by atoms with Gasteiger partial charge in [-0.05, 0) is 37.3 Å². The van der Waals surface area contributed by atoms with Gasteiger partial charge >= 0.3 is 11.9 Å². The van der Waals surface area contributed by atoms with Crippen molar-refractivity contribution in [1.82, 2.24) is 20.3 Å². The second kappa shape index (κ2) is 14.2. The van der Waals surface area contributed by atoms with Gasteiger partial charge in [-0.25, -0.2) is 4.68 Å². The van der Waals surface area contributed by atoms with Crippen LogP contribution in [0.5, 0.6) is 0 Å². The van der Waals surface area contributed by atoms with Gasteiger partial charge in [0.1, 0.15) is 5.69 Å². The maximum Gasteiger partial charge on any atom is 0.303 e. The van der Waals surface area contributed by atoms with Crippen LogP contribution in [0.3, 0.4) is 0 Å². The molecule has 2 aromatic carbocycles. The summed E-state index contributed by atoms with van der Waals surface area (Å²) in [5.41, 5.74) is 4.90. The number of benzene rings is 2. The van der Waals surface area contributed by atoms with Gasteiger partial charge in [0.05, 0.1) is 17.9 Å². The molecule has 1 aromatic heterocycles. The summed E-state index contributed by atoms with van der Waals surface area (Å²) in [5, 5.41) is 29.4. The van der Waals surface area contributed by atoms with E-state index in [0.717, 1.165) is 46.6 Å². The van der Waals surface area contributed by atoms with Crippen LogP contribution in [0.2, 0.25) is 0 Å². The number of hydrogen-bond acceptors (Lipinski definition) is 6. The highest BCUT2D eigenvalue weighted by molar-refractivity contribution is 6.00. The lowest BCUT2D eigenvalue weighted by Crippen LogP contribution is -2.35. The molecule has 2 heterocycles. The first-order chi connectivity index (χ1) is 19.8. The maximum absolute atomic E-state index is 13.6. The van der Waals surface area contributed by atoms with E-state index in [9.17, 15) is 19.2 Å². The van der Waals surface area contributed by atoms with E-state index in [1.54, 1.807) is 4.90 Å². The predicted molar refractivity (Wildman–Crippen MR) is 152 cm³/mol. The Bertz CT molecular complexity index is 1400. The first kappa shape index (κ1) is 29.4. The number of unbranched alkanes of at least 4 members (excludes halogenated alkanes) is 3. The first-order valence-electron chi connectivity index (χ1n) is 14.0. The fraction of sp³-hybridized carbons (Fsp3) is 0.400. The Kier molecular flexibility index (Phi) is 10.2. The average molecular weight is 562 g/mol. The summed E-state index contributed by atoms with van der Waals surface area (Å²) >= 11 is 0. The summed E-state index contributed by atoms with van der Waals surface area (Å²) in [6, 6.07) is 15.4. The molecule has 0 bridgehead atoms. The summed E-state index contributed by atoms with van der Waals surface area (Å²) in [6.07, 6.45) is 3.47. The maximum atomic E-state index is 13.6. The van der Waals surface area contributed by atoms with Crippen LogP contribution < -0.4 is 10.2 Å². The number of nitrogens with one attached hydrogen (secondary N) is 1. The number of carbonyl (C=O) groups is 4. The van der Waals surface area contributed by atoms with Gasteiger partial charge in [-0.1, -0.05) is 54.1 Å². The average Bonchev–Trinajstić information content (AvgIpc) is 3.36. The third kappa shape index (κ3) is 7.77. The molecule has 0 spiro atoms. The molecule has 216 valence electrons. The van der Waals surface area contributed by atoms with Crippen molar-refractivity contribution in [1.29, 1.82) is 0 Å². The van der Waals surface area contributed by atoms with Crippen molar-refractivity contribution in [3.8, 4) is 22.5 Å². The number of carboxylic acid groups (broad SMARTS) is 2. The Hall–Kier alpha value is -4.54. The second-order valence-corrected chi connectivity index (χ2v) is 10.1. The molecule has 4 rings (SSSR count). The highest BCUT2D eigenvalue weighted by Crippen LogP contribution is 2.41. The minimum absolute atomic E-state index is 0.0302. The molecule has 0 saturated carbocycles. The lowest BCUT2D eigenvalue weighted by molar-refractivity contribution is -0.138. The van der Waals surface area contributed by atoms with E-state index in [0.29, 0.717) is 32.4 Å².